The van der Waals surface area contributed by atoms with E-state index in [9.17, 15) is 4.21 Å². The van der Waals surface area contributed by atoms with Gasteiger partial charge in [0.15, 0.2) is 0 Å². The first-order valence-electron chi connectivity index (χ1n) is 6.99. The highest BCUT2D eigenvalue weighted by Crippen LogP contribution is 2.32. The molecule has 3 nitrogen and oxygen atoms in total. The van der Waals surface area contributed by atoms with Crippen molar-refractivity contribution in [3.63, 3.8) is 0 Å². The number of nitrogens with one attached hydrogen (secondary N) is 1. The van der Waals surface area contributed by atoms with Gasteiger partial charge in [-0.15, -0.1) is 0 Å². The van der Waals surface area contributed by atoms with Crippen LogP contribution in [-0.2, 0) is 10.8 Å². The molecule has 1 aliphatic heterocycles. The molecule has 1 heterocycles. The fraction of sp³-hybridized carbons (Fsp3) is 1.00. The van der Waals surface area contributed by atoms with Crippen LogP contribution in [0.1, 0.15) is 39.5 Å². The predicted molar refractivity (Wildman–Crippen MR) is 73.8 cm³/mol. The normalized spacial score (nSPS) is 30.8. The van der Waals surface area contributed by atoms with Crippen molar-refractivity contribution in [3.05, 3.63) is 0 Å². The SMILES string of the molecule is CCS(=O)CCN1CC2(CCCC2)NCC1C. The molecule has 0 bridgehead atoms. The summed E-state index contributed by atoms with van der Waals surface area (Å²) in [6.45, 7) is 7.55. The van der Waals surface area contributed by atoms with Crippen LogP contribution in [0.25, 0.3) is 0 Å². The van der Waals surface area contributed by atoms with Crippen LogP contribution in [-0.4, -0.2) is 51.8 Å². The molecular weight excluding hydrogens is 232 g/mol. The highest BCUT2D eigenvalue weighted by molar-refractivity contribution is 7.84. The minimum absolute atomic E-state index is 0.389. The molecule has 2 aliphatic rings. The standard InChI is InChI=1S/C13H26N2OS/c1-3-17(16)9-8-15-11-13(6-4-5-7-13)14-10-12(15)2/h12,14H,3-11H2,1-2H3. The van der Waals surface area contributed by atoms with E-state index < -0.39 is 10.8 Å². The van der Waals surface area contributed by atoms with Crippen molar-refractivity contribution in [2.45, 2.75) is 51.1 Å². The maximum Gasteiger partial charge on any atom is 0.0362 e. The maximum atomic E-state index is 11.5. The Bertz CT molecular complexity index is 277. The third kappa shape index (κ3) is 3.30. The van der Waals surface area contributed by atoms with E-state index in [1.165, 1.54) is 25.7 Å². The Morgan fingerprint density at radius 1 is 1.41 bits per heavy atom. The summed E-state index contributed by atoms with van der Waals surface area (Å²) in [4.78, 5) is 2.55. The van der Waals surface area contributed by atoms with E-state index in [-0.39, 0.29) is 0 Å². The van der Waals surface area contributed by atoms with Crippen molar-refractivity contribution in [2.24, 2.45) is 0 Å². The van der Waals surface area contributed by atoms with Gasteiger partial charge in [-0.1, -0.05) is 19.8 Å². The molecule has 2 rings (SSSR count). The second kappa shape index (κ2) is 5.81. The molecule has 0 aromatic heterocycles. The minimum Gasteiger partial charge on any atom is -0.308 e. The largest absolute Gasteiger partial charge is 0.308 e. The molecule has 0 radical (unpaired) electrons. The first-order valence-corrected chi connectivity index (χ1v) is 8.48. The summed E-state index contributed by atoms with van der Waals surface area (Å²) in [7, 11) is -0.619. The van der Waals surface area contributed by atoms with Gasteiger partial charge in [-0.2, -0.15) is 0 Å². The molecule has 1 spiro atoms. The molecule has 1 saturated carbocycles. The van der Waals surface area contributed by atoms with E-state index >= 15 is 0 Å². The highest BCUT2D eigenvalue weighted by Gasteiger charge is 2.39. The first kappa shape index (κ1) is 13.5. The van der Waals surface area contributed by atoms with Crippen LogP contribution in [0, 0.1) is 0 Å². The molecule has 100 valence electrons. The topological polar surface area (TPSA) is 32.3 Å². The molecule has 0 amide bonds. The Hall–Kier alpha value is 0.0700. The van der Waals surface area contributed by atoms with Gasteiger partial charge in [0, 0.05) is 53.5 Å². The van der Waals surface area contributed by atoms with Crippen molar-refractivity contribution in [2.75, 3.05) is 31.1 Å². The van der Waals surface area contributed by atoms with Gasteiger partial charge in [0.25, 0.3) is 0 Å². The van der Waals surface area contributed by atoms with E-state index in [2.05, 4.69) is 17.1 Å². The third-order valence-electron chi connectivity index (χ3n) is 4.39. The molecule has 1 aliphatic carbocycles. The molecule has 2 fully saturated rings. The number of piperazine rings is 1. The molecular formula is C13H26N2OS. The lowest BCUT2D eigenvalue weighted by Gasteiger charge is -2.45. The van der Waals surface area contributed by atoms with Crippen LogP contribution in [0.3, 0.4) is 0 Å². The van der Waals surface area contributed by atoms with Crippen LogP contribution >= 0.6 is 0 Å². The minimum atomic E-state index is -0.619. The Morgan fingerprint density at radius 2 is 2.12 bits per heavy atom. The number of rotatable bonds is 4. The van der Waals surface area contributed by atoms with Crippen molar-refractivity contribution >= 4 is 10.8 Å². The summed E-state index contributed by atoms with van der Waals surface area (Å²) in [5, 5.41) is 3.76. The fourth-order valence-electron chi connectivity index (χ4n) is 3.14. The number of hydrogen-bond donors (Lipinski definition) is 1. The summed E-state index contributed by atoms with van der Waals surface area (Å²) in [5.74, 6) is 1.64. The maximum absolute atomic E-state index is 11.5. The zero-order chi connectivity index (χ0) is 12.3. The van der Waals surface area contributed by atoms with Crippen molar-refractivity contribution in [3.8, 4) is 0 Å². The second-order valence-corrected chi connectivity index (χ2v) is 7.49. The predicted octanol–water partition coefficient (Wildman–Crippen LogP) is 1.36. The van der Waals surface area contributed by atoms with Crippen LogP contribution in [0.15, 0.2) is 0 Å². The van der Waals surface area contributed by atoms with Gasteiger partial charge in [0.2, 0.25) is 0 Å². The first-order chi connectivity index (χ1) is 8.15. The molecule has 4 heteroatoms. The average Bonchev–Trinajstić information content (AvgIpc) is 2.79. The monoisotopic (exact) mass is 258 g/mol. The average molecular weight is 258 g/mol. The second-order valence-electron chi connectivity index (χ2n) is 5.62. The van der Waals surface area contributed by atoms with Crippen LogP contribution in [0.5, 0.6) is 0 Å². The molecule has 17 heavy (non-hydrogen) atoms. The van der Waals surface area contributed by atoms with E-state index in [1.54, 1.807) is 0 Å². The van der Waals surface area contributed by atoms with Gasteiger partial charge in [-0.25, -0.2) is 0 Å². The highest BCUT2D eigenvalue weighted by atomic mass is 32.2. The molecule has 2 atom stereocenters. The van der Waals surface area contributed by atoms with E-state index in [1.807, 2.05) is 6.92 Å². The fourth-order valence-corrected chi connectivity index (χ4v) is 3.87. The quantitative estimate of drug-likeness (QED) is 0.826. The number of nitrogens with zero attached hydrogens (tertiary/aromatic N) is 1. The summed E-state index contributed by atoms with van der Waals surface area (Å²) in [5.41, 5.74) is 0.389. The smallest absolute Gasteiger partial charge is 0.0362 e. The lowest BCUT2D eigenvalue weighted by atomic mass is 9.93. The van der Waals surface area contributed by atoms with Crippen molar-refractivity contribution < 1.29 is 4.21 Å². The van der Waals surface area contributed by atoms with Gasteiger partial charge in [-0.3, -0.25) is 9.11 Å². The van der Waals surface area contributed by atoms with Crippen LogP contribution < -0.4 is 5.32 Å². The van der Waals surface area contributed by atoms with Gasteiger partial charge in [0.1, 0.15) is 0 Å². The third-order valence-corrected chi connectivity index (χ3v) is 5.67. The Morgan fingerprint density at radius 3 is 2.76 bits per heavy atom. The Balaban J connectivity index is 1.88. The zero-order valence-electron chi connectivity index (χ0n) is 11.2. The molecule has 0 aromatic rings. The molecule has 1 N–H and O–H groups in total. The summed E-state index contributed by atoms with van der Waals surface area (Å²) in [6, 6.07) is 0.593. The van der Waals surface area contributed by atoms with E-state index in [0.717, 1.165) is 31.1 Å². The van der Waals surface area contributed by atoms with E-state index in [4.69, 9.17) is 0 Å². The summed E-state index contributed by atoms with van der Waals surface area (Å²) >= 11 is 0. The zero-order valence-corrected chi connectivity index (χ0v) is 12.0. The summed E-state index contributed by atoms with van der Waals surface area (Å²) < 4.78 is 11.5. The van der Waals surface area contributed by atoms with E-state index in [0.29, 0.717) is 11.6 Å². The van der Waals surface area contributed by atoms with Crippen LogP contribution in [0.2, 0.25) is 0 Å². The lowest BCUT2D eigenvalue weighted by Crippen LogP contribution is -2.62. The van der Waals surface area contributed by atoms with Crippen molar-refractivity contribution in [1.29, 1.82) is 0 Å². The summed E-state index contributed by atoms with van der Waals surface area (Å²) in [6.07, 6.45) is 5.40. The molecule has 0 aromatic carbocycles. The molecule has 1 saturated heterocycles. The lowest BCUT2D eigenvalue weighted by molar-refractivity contribution is 0.0953. The Labute approximate surface area is 108 Å². The molecule has 2 unspecified atom stereocenters. The Kier molecular flexibility index (Phi) is 4.61. The van der Waals surface area contributed by atoms with Gasteiger partial charge in [0.05, 0.1) is 0 Å². The van der Waals surface area contributed by atoms with Gasteiger partial charge >= 0.3 is 0 Å². The van der Waals surface area contributed by atoms with Crippen molar-refractivity contribution in [1.82, 2.24) is 10.2 Å². The van der Waals surface area contributed by atoms with Gasteiger partial charge in [-0.05, 0) is 19.8 Å². The van der Waals surface area contributed by atoms with Crippen LogP contribution in [0.4, 0.5) is 0 Å². The number of hydrogen-bond acceptors (Lipinski definition) is 3. The van der Waals surface area contributed by atoms with Gasteiger partial charge < -0.3 is 5.32 Å².